The van der Waals surface area contributed by atoms with Crippen LogP contribution in [-0.4, -0.2) is 26.7 Å². The fourth-order valence-electron chi connectivity index (χ4n) is 3.58. The van der Waals surface area contributed by atoms with Gasteiger partial charge in [-0.15, -0.1) is 10.2 Å². The lowest BCUT2D eigenvalue weighted by atomic mass is 9.63. The summed E-state index contributed by atoms with van der Waals surface area (Å²) in [7, 11) is 0. The van der Waals surface area contributed by atoms with Crippen molar-refractivity contribution in [3.8, 4) is 0 Å². The van der Waals surface area contributed by atoms with Gasteiger partial charge in [0.1, 0.15) is 12.7 Å². The van der Waals surface area contributed by atoms with Crippen molar-refractivity contribution in [2.45, 2.75) is 12.8 Å². The molecule has 1 aliphatic heterocycles. The minimum absolute atomic E-state index is 0.108. The van der Waals surface area contributed by atoms with Crippen LogP contribution in [0.3, 0.4) is 0 Å². The molecule has 1 aromatic rings. The van der Waals surface area contributed by atoms with Gasteiger partial charge in [-0.25, -0.2) is 4.68 Å². The fourth-order valence-corrected chi connectivity index (χ4v) is 3.58. The van der Waals surface area contributed by atoms with Crippen molar-refractivity contribution >= 4 is 11.8 Å². The van der Waals surface area contributed by atoms with Crippen LogP contribution in [0.4, 0.5) is 0 Å². The van der Waals surface area contributed by atoms with Gasteiger partial charge < -0.3 is 0 Å². The van der Waals surface area contributed by atoms with E-state index >= 15 is 0 Å². The van der Waals surface area contributed by atoms with Gasteiger partial charge >= 0.3 is 0 Å². The molecular weight excluding hydrogens is 232 g/mol. The summed E-state index contributed by atoms with van der Waals surface area (Å²) in [5, 5.41) is 8.52. The summed E-state index contributed by atoms with van der Waals surface area (Å²) in [4.78, 5) is 24.9. The van der Waals surface area contributed by atoms with Crippen LogP contribution >= 0.6 is 0 Å². The van der Waals surface area contributed by atoms with Crippen molar-refractivity contribution in [1.29, 1.82) is 0 Å². The number of hydrogen-bond acceptors (Lipinski definition) is 4. The van der Waals surface area contributed by atoms with Crippen LogP contribution in [0.2, 0.25) is 0 Å². The zero-order valence-corrected chi connectivity index (χ0v) is 9.64. The first-order chi connectivity index (χ1) is 8.77. The maximum Gasteiger partial charge on any atom is 0.253 e. The van der Waals surface area contributed by atoms with Crippen LogP contribution in [0.1, 0.15) is 12.8 Å². The van der Waals surface area contributed by atoms with Gasteiger partial charge in [0.15, 0.2) is 0 Å². The van der Waals surface area contributed by atoms with Gasteiger partial charge in [-0.2, -0.15) is 5.01 Å². The van der Waals surface area contributed by atoms with E-state index in [1.165, 1.54) is 22.3 Å². The van der Waals surface area contributed by atoms with Gasteiger partial charge in [-0.1, -0.05) is 12.2 Å². The van der Waals surface area contributed by atoms with Crippen LogP contribution in [0, 0.1) is 23.7 Å². The van der Waals surface area contributed by atoms with Crippen molar-refractivity contribution in [1.82, 2.24) is 14.9 Å². The lowest BCUT2D eigenvalue weighted by molar-refractivity contribution is -0.125. The first kappa shape index (κ1) is 9.99. The molecule has 2 fully saturated rings. The number of nitrogens with zero attached hydrogens (tertiary/aromatic N) is 4. The second-order valence-corrected chi connectivity index (χ2v) is 5.17. The van der Waals surface area contributed by atoms with E-state index in [1.807, 2.05) is 0 Å². The van der Waals surface area contributed by atoms with E-state index in [0.29, 0.717) is 0 Å². The zero-order chi connectivity index (χ0) is 12.3. The molecule has 0 radical (unpaired) electrons. The predicted octanol–water partition coefficient (Wildman–Crippen LogP) is 0.111. The Labute approximate surface area is 103 Å². The number of amides is 2. The monoisotopic (exact) mass is 244 g/mol. The predicted molar refractivity (Wildman–Crippen MR) is 60.6 cm³/mol. The number of aromatic nitrogens is 3. The summed E-state index contributed by atoms with van der Waals surface area (Å²) in [6.45, 7) is 0. The van der Waals surface area contributed by atoms with Crippen LogP contribution in [0.15, 0.2) is 24.8 Å². The lowest BCUT2D eigenvalue weighted by Crippen LogP contribution is -2.40. The normalized spacial score (nSPS) is 37.4. The molecule has 1 saturated heterocycles. The highest BCUT2D eigenvalue weighted by atomic mass is 16.2. The van der Waals surface area contributed by atoms with Crippen LogP contribution < -0.4 is 5.01 Å². The van der Waals surface area contributed by atoms with Gasteiger partial charge in [-0.3, -0.25) is 9.59 Å². The SMILES string of the molecule is O=C1[C@H]2[C@H](C(=O)N1n1cnnc1)[C@H]1C=C[C@H]2CC1. The molecule has 2 heterocycles. The van der Waals surface area contributed by atoms with Crippen molar-refractivity contribution in [2.75, 3.05) is 5.01 Å². The van der Waals surface area contributed by atoms with Gasteiger partial charge in [0.05, 0.1) is 11.8 Å². The molecule has 3 aliphatic carbocycles. The zero-order valence-electron chi connectivity index (χ0n) is 9.64. The first-order valence-electron chi connectivity index (χ1n) is 6.18. The molecule has 0 aromatic carbocycles. The largest absolute Gasteiger partial charge is 0.272 e. The van der Waals surface area contributed by atoms with Crippen molar-refractivity contribution in [3.63, 3.8) is 0 Å². The third kappa shape index (κ3) is 1.07. The van der Waals surface area contributed by atoms with Gasteiger partial charge in [0.2, 0.25) is 0 Å². The summed E-state index contributed by atoms with van der Waals surface area (Å²) in [6.07, 6.45) is 9.02. The quantitative estimate of drug-likeness (QED) is 0.519. The highest BCUT2D eigenvalue weighted by molar-refractivity contribution is 6.17. The maximum absolute atomic E-state index is 12.4. The summed E-state index contributed by atoms with van der Waals surface area (Å²) in [5.41, 5.74) is 0. The second-order valence-electron chi connectivity index (χ2n) is 5.17. The third-order valence-corrected chi connectivity index (χ3v) is 4.37. The van der Waals surface area contributed by atoms with Crippen LogP contribution in [0.5, 0.6) is 0 Å². The molecule has 4 atom stereocenters. The molecule has 18 heavy (non-hydrogen) atoms. The van der Waals surface area contributed by atoms with E-state index in [4.69, 9.17) is 0 Å². The second kappa shape index (κ2) is 3.28. The molecular formula is C12H12N4O2. The Kier molecular flexibility index (Phi) is 1.82. The van der Waals surface area contributed by atoms with Crippen LogP contribution in [0.25, 0.3) is 0 Å². The Bertz CT molecular complexity index is 518. The van der Waals surface area contributed by atoms with E-state index in [2.05, 4.69) is 22.3 Å². The number of fused-ring (bicyclic) bond motifs is 1. The van der Waals surface area contributed by atoms with Crippen molar-refractivity contribution in [2.24, 2.45) is 23.7 Å². The van der Waals surface area contributed by atoms with Crippen molar-refractivity contribution in [3.05, 3.63) is 24.8 Å². The van der Waals surface area contributed by atoms with Gasteiger partial charge in [-0.05, 0) is 24.7 Å². The standard InChI is InChI=1S/C12H12N4O2/c17-11-9-7-1-2-8(4-3-7)10(9)12(18)16(11)15-5-13-14-6-15/h1-2,5-10H,3-4H2/t7-,8-,9+,10+/m0/s1. The molecule has 2 bridgehead atoms. The number of carbonyl (C=O) groups is 2. The van der Waals surface area contributed by atoms with E-state index in [-0.39, 0.29) is 35.5 Å². The number of hydrogen-bond donors (Lipinski definition) is 0. The van der Waals surface area contributed by atoms with Crippen LogP contribution in [-0.2, 0) is 9.59 Å². The van der Waals surface area contributed by atoms with E-state index in [9.17, 15) is 9.59 Å². The smallest absolute Gasteiger partial charge is 0.253 e. The number of imide groups is 1. The highest BCUT2D eigenvalue weighted by Gasteiger charge is 2.57. The number of carbonyl (C=O) groups excluding carboxylic acids is 2. The minimum Gasteiger partial charge on any atom is -0.272 e. The summed E-state index contributed by atoms with van der Waals surface area (Å²) < 4.78 is 1.39. The molecule has 0 spiro atoms. The molecule has 5 rings (SSSR count). The Morgan fingerprint density at radius 2 is 1.44 bits per heavy atom. The topological polar surface area (TPSA) is 68.1 Å². The molecule has 4 aliphatic rings. The molecule has 6 nitrogen and oxygen atoms in total. The van der Waals surface area contributed by atoms with E-state index in [0.717, 1.165) is 12.8 Å². The van der Waals surface area contributed by atoms with Crippen molar-refractivity contribution < 1.29 is 9.59 Å². The lowest BCUT2D eigenvalue weighted by Gasteiger charge is -2.37. The minimum atomic E-state index is -0.177. The Balaban J connectivity index is 1.79. The maximum atomic E-state index is 12.4. The summed E-state index contributed by atoms with van der Waals surface area (Å²) >= 11 is 0. The Morgan fingerprint density at radius 1 is 0.944 bits per heavy atom. The molecule has 0 N–H and O–H groups in total. The average Bonchev–Trinajstić information content (AvgIpc) is 3.00. The average molecular weight is 244 g/mol. The Hall–Kier alpha value is -1.98. The molecule has 6 heteroatoms. The van der Waals surface area contributed by atoms with Gasteiger partial charge in [0.25, 0.3) is 11.8 Å². The first-order valence-corrected chi connectivity index (χ1v) is 6.18. The summed E-state index contributed by atoms with van der Waals surface area (Å²) in [5.74, 6) is -0.129. The number of rotatable bonds is 1. The molecule has 1 saturated carbocycles. The number of allylic oxidation sites excluding steroid dienone is 2. The molecule has 92 valence electrons. The van der Waals surface area contributed by atoms with E-state index in [1.54, 1.807) is 0 Å². The third-order valence-electron chi connectivity index (χ3n) is 4.37. The van der Waals surface area contributed by atoms with E-state index < -0.39 is 0 Å². The Morgan fingerprint density at radius 3 is 1.89 bits per heavy atom. The molecule has 2 amide bonds. The highest BCUT2D eigenvalue weighted by Crippen LogP contribution is 2.48. The molecule has 0 unspecified atom stereocenters. The van der Waals surface area contributed by atoms with Gasteiger partial charge in [0, 0.05) is 0 Å². The summed E-state index contributed by atoms with van der Waals surface area (Å²) in [6, 6.07) is 0. The fraction of sp³-hybridized carbons (Fsp3) is 0.500. The molecule has 1 aromatic heterocycles.